The van der Waals surface area contributed by atoms with Crippen molar-refractivity contribution in [2.45, 2.75) is 37.3 Å². The van der Waals surface area contributed by atoms with Gasteiger partial charge in [0.2, 0.25) is 17.7 Å². The van der Waals surface area contributed by atoms with Gasteiger partial charge < -0.3 is 9.64 Å². The summed E-state index contributed by atoms with van der Waals surface area (Å²) >= 11 is 0. The molecule has 3 unspecified atom stereocenters. The summed E-state index contributed by atoms with van der Waals surface area (Å²) in [5.41, 5.74) is 3.06. The van der Waals surface area contributed by atoms with Gasteiger partial charge in [-0.2, -0.15) is 0 Å². The number of pyridine rings is 1. The molecule has 0 bridgehead atoms. The van der Waals surface area contributed by atoms with E-state index in [1.54, 1.807) is 23.8 Å². The van der Waals surface area contributed by atoms with E-state index in [2.05, 4.69) is 17.1 Å². The van der Waals surface area contributed by atoms with Crippen molar-refractivity contribution < 1.29 is 19.5 Å². The first-order chi connectivity index (χ1) is 15.6. The van der Waals surface area contributed by atoms with E-state index < -0.39 is 17.9 Å². The van der Waals surface area contributed by atoms with E-state index in [9.17, 15) is 14.8 Å². The number of carbonyl (C=O) groups is 2. The van der Waals surface area contributed by atoms with Crippen molar-refractivity contribution in [1.29, 1.82) is 0 Å². The van der Waals surface area contributed by atoms with E-state index >= 15 is 0 Å². The lowest BCUT2D eigenvalue weighted by Gasteiger charge is -2.43. The number of rotatable bonds is 5. The molecule has 2 saturated heterocycles. The Morgan fingerprint density at radius 2 is 1.81 bits per heavy atom. The van der Waals surface area contributed by atoms with E-state index in [1.165, 1.54) is 5.56 Å². The summed E-state index contributed by atoms with van der Waals surface area (Å²) in [6.07, 6.45) is 3.45. The normalized spacial score (nSPS) is 24.7. The zero-order chi connectivity index (χ0) is 22.5. The van der Waals surface area contributed by atoms with Crippen LogP contribution >= 0.6 is 0 Å². The fourth-order valence-corrected chi connectivity index (χ4v) is 4.94. The number of hydrogen-bond acceptors (Lipinski definition) is 6. The Morgan fingerprint density at radius 3 is 2.47 bits per heavy atom. The summed E-state index contributed by atoms with van der Waals surface area (Å²) in [6, 6.07) is 15.1. The Hall–Kier alpha value is -2.97. The second-order valence-electron chi connectivity index (χ2n) is 8.62. The highest BCUT2D eigenvalue weighted by molar-refractivity contribution is 5.90. The summed E-state index contributed by atoms with van der Waals surface area (Å²) in [5.74, 6) is -0.432. The van der Waals surface area contributed by atoms with Crippen LogP contribution in [0.25, 0.3) is 0 Å². The lowest BCUT2D eigenvalue weighted by molar-refractivity contribution is -0.151. The minimum atomic E-state index is -0.716. The molecule has 2 aliphatic rings. The number of likely N-dealkylation sites (N-methyl/N-ethyl adjacent to an activating group) is 1. The summed E-state index contributed by atoms with van der Waals surface area (Å²) < 4.78 is 5.95. The minimum Gasteiger partial charge on any atom is -0.473 e. The zero-order valence-electron chi connectivity index (χ0n) is 18.3. The van der Waals surface area contributed by atoms with Crippen molar-refractivity contribution in [3.63, 3.8) is 0 Å². The third kappa shape index (κ3) is 4.92. The van der Waals surface area contributed by atoms with Gasteiger partial charge in [0, 0.05) is 31.9 Å². The minimum absolute atomic E-state index is 0.0658. The predicted molar refractivity (Wildman–Crippen MR) is 118 cm³/mol. The molecular formula is C24H30N4O4. The number of carbonyl (C=O) groups excluding carboxylic acids is 2. The Morgan fingerprint density at radius 1 is 1.09 bits per heavy atom. The fraction of sp³-hybridized carbons (Fsp3) is 0.458. The number of aromatic nitrogens is 1. The van der Waals surface area contributed by atoms with Crippen LogP contribution in [0.3, 0.4) is 0 Å². The van der Waals surface area contributed by atoms with Gasteiger partial charge in [0.25, 0.3) is 0 Å². The maximum atomic E-state index is 13.5. The molecule has 2 N–H and O–H groups in total. The number of amides is 2. The molecule has 3 heterocycles. The van der Waals surface area contributed by atoms with Gasteiger partial charge in [0.15, 0.2) is 0 Å². The highest BCUT2D eigenvalue weighted by Gasteiger charge is 2.45. The molecule has 32 heavy (non-hydrogen) atoms. The molecular weight excluding hydrogens is 408 g/mol. The molecule has 1 aromatic heterocycles. The number of nitrogens with one attached hydrogen (secondary N) is 1. The Balaban J connectivity index is 1.43. The first-order valence-corrected chi connectivity index (χ1v) is 11.1. The van der Waals surface area contributed by atoms with Crippen molar-refractivity contribution in [2.24, 2.45) is 5.92 Å². The van der Waals surface area contributed by atoms with Crippen molar-refractivity contribution in [3.8, 4) is 5.88 Å². The second kappa shape index (κ2) is 10.1. The van der Waals surface area contributed by atoms with Crippen molar-refractivity contribution in [3.05, 3.63) is 60.3 Å². The zero-order valence-corrected chi connectivity index (χ0v) is 18.3. The monoisotopic (exact) mass is 438 g/mol. The number of nitrogens with zero attached hydrogens (tertiary/aromatic N) is 3. The molecule has 170 valence electrons. The number of likely N-dealkylation sites (tertiary alicyclic amines) is 2. The van der Waals surface area contributed by atoms with E-state index in [1.807, 2.05) is 41.1 Å². The van der Waals surface area contributed by atoms with Gasteiger partial charge >= 0.3 is 0 Å². The number of hydroxylamine groups is 1. The molecule has 0 spiro atoms. The van der Waals surface area contributed by atoms with Crippen LogP contribution in [0.4, 0.5) is 0 Å². The maximum Gasteiger partial charge on any atom is 0.248 e. The number of hydrogen-bond donors (Lipinski definition) is 2. The largest absolute Gasteiger partial charge is 0.473 e. The van der Waals surface area contributed by atoms with Crippen molar-refractivity contribution in [1.82, 2.24) is 20.3 Å². The van der Waals surface area contributed by atoms with Gasteiger partial charge in [0.1, 0.15) is 12.1 Å². The highest BCUT2D eigenvalue weighted by Crippen LogP contribution is 2.31. The molecule has 4 rings (SSSR count). The van der Waals surface area contributed by atoms with Crippen molar-refractivity contribution in [2.75, 3.05) is 26.7 Å². The lowest BCUT2D eigenvalue weighted by atomic mass is 9.85. The average Bonchev–Trinajstić information content (AvgIpc) is 2.84. The van der Waals surface area contributed by atoms with Gasteiger partial charge in [-0.1, -0.05) is 36.4 Å². The third-order valence-corrected chi connectivity index (χ3v) is 6.57. The van der Waals surface area contributed by atoms with Crippen LogP contribution in [0.1, 0.15) is 30.7 Å². The van der Waals surface area contributed by atoms with Crippen molar-refractivity contribution >= 4 is 11.8 Å². The van der Waals surface area contributed by atoms with Gasteiger partial charge in [-0.15, -0.1) is 0 Å². The Kier molecular flexibility index (Phi) is 7.02. The van der Waals surface area contributed by atoms with E-state index in [4.69, 9.17) is 4.74 Å². The molecule has 2 amide bonds. The highest BCUT2D eigenvalue weighted by atomic mass is 16.5. The van der Waals surface area contributed by atoms with Gasteiger partial charge in [-0.3, -0.25) is 19.7 Å². The number of ether oxygens (including phenoxy) is 1. The fourth-order valence-electron chi connectivity index (χ4n) is 4.94. The summed E-state index contributed by atoms with van der Waals surface area (Å²) in [4.78, 5) is 33.9. The van der Waals surface area contributed by atoms with Crippen LogP contribution < -0.4 is 10.2 Å². The lowest BCUT2D eigenvalue weighted by Crippen LogP contribution is -2.61. The van der Waals surface area contributed by atoms with Crippen LogP contribution in [0.2, 0.25) is 0 Å². The molecule has 2 fully saturated rings. The first kappa shape index (κ1) is 22.2. The quantitative estimate of drug-likeness (QED) is 0.548. The van der Waals surface area contributed by atoms with Gasteiger partial charge in [-0.05, 0) is 43.9 Å². The molecule has 2 aliphatic heterocycles. The molecule has 0 radical (unpaired) electrons. The summed E-state index contributed by atoms with van der Waals surface area (Å²) in [7, 11) is 1.82. The molecule has 3 atom stereocenters. The molecule has 1 aromatic carbocycles. The second-order valence-corrected chi connectivity index (χ2v) is 8.62. The first-order valence-electron chi connectivity index (χ1n) is 11.1. The van der Waals surface area contributed by atoms with Crippen LogP contribution in [0, 0.1) is 5.92 Å². The SMILES string of the molecule is CN1CC(Oc2ccccn2)CC(C(=O)NO)C1C(=O)N1CCC(c2ccccc2)CC1. The maximum absolute atomic E-state index is 13.5. The predicted octanol–water partition coefficient (Wildman–Crippen LogP) is 2.06. The standard InChI is InChI=1S/C24H30N4O4/c1-27-16-19(32-21-9-5-6-12-25-21)15-20(23(29)26-31)22(27)24(30)28-13-10-18(11-14-28)17-7-3-2-4-8-17/h2-9,12,18-20,22,31H,10-11,13-16H2,1H3,(H,26,29). The summed E-state index contributed by atoms with van der Waals surface area (Å²) in [6.45, 7) is 1.80. The van der Waals surface area contributed by atoms with Crippen LogP contribution in [0.15, 0.2) is 54.7 Å². The van der Waals surface area contributed by atoms with E-state index in [0.29, 0.717) is 37.9 Å². The van der Waals surface area contributed by atoms with Gasteiger partial charge in [-0.25, -0.2) is 10.5 Å². The van der Waals surface area contributed by atoms with Gasteiger partial charge in [0.05, 0.1) is 5.92 Å². The molecule has 2 aromatic rings. The molecule has 0 aliphatic carbocycles. The molecule has 0 saturated carbocycles. The van der Waals surface area contributed by atoms with E-state index in [-0.39, 0.29) is 12.0 Å². The number of benzene rings is 1. The third-order valence-electron chi connectivity index (χ3n) is 6.57. The Bertz CT molecular complexity index is 903. The molecule has 8 nitrogen and oxygen atoms in total. The average molecular weight is 439 g/mol. The van der Waals surface area contributed by atoms with E-state index in [0.717, 1.165) is 12.8 Å². The topological polar surface area (TPSA) is 95.0 Å². The number of piperidine rings is 2. The molecule has 8 heteroatoms. The smallest absolute Gasteiger partial charge is 0.248 e. The van der Waals surface area contributed by atoms with Crippen LogP contribution in [-0.2, 0) is 9.59 Å². The van der Waals surface area contributed by atoms with Crippen LogP contribution in [-0.4, -0.2) is 70.6 Å². The van der Waals surface area contributed by atoms with Crippen LogP contribution in [0.5, 0.6) is 5.88 Å². The Labute approximate surface area is 188 Å². The summed E-state index contributed by atoms with van der Waals surface area (Å²) in [5, 5.41) is 9.32.